The molecule has 0 radical (unpaired) electrons. The van der Waals surface area contributed by atoms with E-state index < -0.39 is 0 Å². The summed E-state index contributed by atoms with van der Waals surface area (Å²) in [7, 11) is 0. The maximum atomic E-state index is 4.84. The maximum absolute atomic E-state index is 4.84. The van der Waals surface area contributed by atoms with E-state index in [9.17, 15) is 0 Å². The summed E-state index contributed by atoms with van der Waals surface area (Å²) in [5.41, 5.74) is 1.27. The van der Waals surface area contributed by atoms with Crippen molar-refractivity contribution in [2.75, 3.05) is 11.9 Å². The molecule has 0 aliphatic heterocycles. The molecule has 3 heteroatoms. The molecular formula is C15H23N3. The van der Waals surface area contributed by atoms with Crippen LogP contribution in [0.2, 0.25) is 0 Å². The van der Waals surface area contributed by atoms with Crippen LogP contribution in [-0.2, 0) is 0 Å². The molecule has 2 fully saturated rings. The lowest BCUT2D eigenvalue weighted by Crippen LogP contribution is -2.08. The van der Waals surface area contributed by atoms with Crippen molar-refractivity contribution in [2.24, 2.45) is 5.92 Å². The third-order valence-corrected chi connectivity index (χ3v) is 4.18. The fraction of sp³-hybridized carbons (Fsp3) is 0.733. The highest BCUT2D eigenvalue weighted by atomic mass is 15.0. The standard InChI is InChI=1S/C15H23N3/c1-3-16-14-9-13(11-6-7-11)17-15(18-14)12-5-4-10(2)8-12/h9-12H,3-8H2,1-2H3,(H,16,17,18). The predicted octanol–water partition coefficient (Wildman–Crippen LogP) is 3.69. The van der Waals surface area contributed by atoms with Crippen molar-refractivity contribution in [3.63, 3.8) is 0 Å². The number of nitrogens with zero attached hydrogens (tertiary/aromatic N) is 2. The zero-order valence-electron chi connectivity index (χ0n) is 11.4. The summed E-state index contributed by atoms with van der Waals surface area (Å²) >= 11 is 0. The van der Waals surface area contributed by atoms with Crippen LogP contribution in [0.1, 0.15) is 69.3 Å². The molecule has 2 atom stereocenters. The Kier molecular flexibility index (Phi) is 3.23. The minimum atomic E-state index is 0.594. The Balaban J connectivity index is 1.87. The molecule has 0 amide bonds. The Morgan fingerprint density at radius 1 is 1.17 bits per heavy atom. The van der Waals surface area contributed by atoms with Crippen LogP contribution in [0.25, 0.3) is 0 Å². The maximum Gasteiger partial charge on any atom is 0.134 e. The zero-order valence-corrected chi connectivity index (χ0v) is 11.4. The highest BCUT2D eigenvalue weighted by Gasteiger charge is 2.29. The molecule has 3 rings (SSSR count). The van der Waals surface area contributed by atoms with Crippen LogP contribution >= 0.6 is 0 Å². The highest BCUT2D eigenvalue weighted by Crippen LogP contribution is 2.41. The van der Waals surface area contributed by atoms with Crippen molar-refractivity contribution < 1.29 is 0 Å². The molecule has 2 aliphatic rings. The van der Waals surface area contributed by atoms with E-state index in [1.807, 2.05) is 0 Å². The van der Waals surface area contributed by atoms with Gasteiger partial charge < -0.3 is 5.32 Å². The van der Waals surface area contributed by atoms with E-state index >= 15 is 0 Å². The van der Waals surface area contributed by atoms with Gasteiger partial charge in [-0.1, -0.05) is 6.92 Å². The number of anilines is 1. The van der Waals surface area contributed by atoms with Gasteiger partial charge in [0.2, 0.25) is 0 Å². The Hall–Kier alpha value is -1.12. The second kappa shape index (κ2) is 4.87. The molecule has 0 bridgehead atoms. The molecule has 1 aromatic heterocycles. The minimum Gasteiger partial charge on any atom is -0.370 e. The molecule has 1 heterocycles. The first-order chi connectivity index (χ1) is 8.76. The van der Waals surface area contributed by atoms with Crippen LogP contribution in [0.4, 0.5) is 5.82 Å². The molecule has 18 heavy (non-hydrogen) atoms. The van der Waals surface area contributed by atoms with E-state index in [4.69, 9.17) is 9.97 Å². The van der Waals surface area contributed by atoms with E-state index in [1.165, 1.54) is 37.8 Å². The van der Waals surface area contributed by atoms with E-state index in [1.54, 1.807) is 0 Å². The van der Waals surface area contributed by atoms with Crippen molar-refractivity contribution in [1.29, 1.82) is 0 Å². The van der Waals surface area contributed by atoms with Gasteiger partial charge in [0.15, 0.2) is 0 Å². The number of nitrogens with one attached hydrogen (secondary N) is 1. The first-order valence-electron chi connectivity index (χ1n) is 7.39. The van der Waals surface area contributed by atoms with Crippen LogP contribution in [-0.4, -0.2) is 16.5 Å². The summed E-state index contributed by atoms with van der Waals surface area (Å²) in [5, 5.41) is 3.35. The largest absolute Gasteiger partial charge is 0.370 e. The molecule has 2 aliphatic carbocycles. The van der Waals surface area contributed by atoms with Gasteiger partial charge >= 0.3 is 0 Å². The van der Waals surface area contributed by atoms with Crippen LogP contribution < -0.4 is 5.32 Å². The first-order valence-corrected chi connectivity index (χ1v) is 7.39. The zero-order chi connectivity index (χ0) is 12.5. The molecule has 2 saturated carbocycles. The van der Waals surface area contributed by atoms with E-state index in [0.29, 0.717) is 11.8 Å². The number of rotatable bonds is 4. The second-order valence-electron chi connectivity index (χ2n) is 5.96. The predicted molar refractivity (Wildman–Crippen MR) is 73.9 cm³/mol. The normalized spacial score (nSPS) is 27.4. The summed E-state index contributed by atoms with van der Waals surface area (Å²) in [5.74, 6) is 4.27. The van der Waals surface area contributed by atoms with Crippen LogP contribution in [0.15, 0.2) is 6.07 Å². The van der Waals surface area contributed by atoms with Crippen LogP contribution in [0.5, 0.6) is 0 Å². The summed E-state index contributed by atoms with van der Waals surface area (Å²) < 4.78 is 0. The van der Waals surface area contributed by atoms with Gasteiger partial charge in [0.1, 0.15) is 11.6 Å². The first kappa shape index (κ1) is 11.9. The van der Waals surface area contributed by atoms with Crippen LogP contribution in [0, 0.1) is 5.92 Å². The van der Waals surface area contributed by atoms with Crippen molar-refractivity contribution in [3.05, 3.63) is 17.6 Å². The lowest BCUT2D eigenvalue weighted by atomic mass is 10.1. The lowest BCUT2D eigenvalue weighted by Gasteiger charge is -2.12. The number of hydrogen-bond donors (Lipinski definition) is 1. The topological polar surface area (TPSA) is 37.8 Å². The average molecular weight is 245 g/mol. The fourth-order valence-electron chi connectivity index (χ4n) is 2.97. The quantitative estimate of drug-likeness (QED) is 0.879. The van der Waals surface area contributed by atoms with Crippen molar-refractivity contribution in [2.45, 2.75) is 57.8 Å². The number of aromatic nitrogens is 2. The third kappa shape index (κ3) is 2.50. The molecule has 1 aromatic rings. The van der Waals surface area contributed by atoms with Gasteiger partial charge in [-0.2, -0.15) is 0 Å². The molecule has 2 unspecified atom stereocenters. The molecule has 98 valence electrons. The Morgan fingerprint density at radius 2 is 1.94 bits per heavy atom. The van der Waals surface area contributed by atoms with Gasteiger partial charge in [0.25, 0.3) is 0 Å². The molecular weight excluding hydrogens is 222 g/mol. The smallest absolute Gasteiger partial charge is 0.134 e. The van der Waals surface area contributed by atoms with Crippen molar-refractivity contribution >= 4 is 5.82 Å². The monoisotopic (exact) mass is 245 g/mol. The SMILES string of the molecule is CCNc1cc(C2CC2)nc(C2CCC(C)C2)n1. The van der Waals surface area contributed by atoms with Gasteiger partial charge in [0.05, 0.1) is 0 Å². The van der Waals surface area contributed by atoms with Gasteiger partial charge in [-0.15, -0.1) is 0 Å². The van der Waals surface area contributed by atoms with Gasteiger partial charge in [-0.25, -0.2) is 9.97 Å². The Labute approximate surface area is 109 Å². The van der Waals surface area contributed by atoms with E-state index in [-0.39, 0.29) is 0 Å². The third-order valence-electron chi connectivity index (χ3n) is 4.18. The average Bonchev–Trinajstić information content (AvgIpc) is 3.12. The fourth-order valence-corrected chi connectivity index (χ4v) is 2.97. The van der Waals surface area contributed by atoms with E-state index in [2.05, 4.69) is 25.2 Å². The summed E-state index contributed by atoms with van der Waals surface area (Å²) in [6.07, 6.45) is 6.48. The molecule has 1 N–H and O–H groups in total. The molecule has 3 nitrogen and oxygen atoms in total. The van der Waals surface area contributed by atoms with Gasteiger partial charge in [0, 0.05) is 30.1 Å². The van der Waals surface area contributed by atoms with Gasteiger partial charge in [-0.3, -0.25) is 0 Å². The Morgan fingerprint density at radius 3 is 2.56 bits per heavy atom. The van der Waals surface area contributed by atoms with Crippen molar-refractivity contribution in [1.82, 2.24) is 9.97 Å². The molecule has 0 saturated heterocycles. The molecule has 0 aromatic carbocycles. The minimum absolute atomic E-state index is 0.594. The summed E-state index contributed by atoms with van der Waals surface area (Å²) in [6.45, 7) is 5.40. The summed E-state index contributed by atoms with van der Waals surface area (Å²) in [4.78, 5) is 9.57. The lowest BCUT2D eigenvalue weighted by molar-refractivity contribution is 0.584. The summed E-state index contributed by atoms with van der Waals surface area (Å²) in [6, 6.07) is 2.16. The van der Waals surface area contributed by atoms with Gasteiger partial charge in [-0.05, 0) is 44.9 Å². The second-order valence-corrected chi connectivity index (χ2v) is 5.96. The van der Waals surface area contributed by atoms with Crippen LogP contribution in [0.3, 0.4) is 0 Å². The van der Waals surface area contributed by atoms with E-state index in [0.717, 1.165) is 24.1 Å². The Bertz CT molecular complexity index is 426. The van der Waals surface area contributed by atoms with Crippen molar-refractivity contribution in [3.8, 4) is 0 Å². The highest BCUT2D eigenvalue weighted by molar-refractivity contribution is 5.38. The number of hydrogen-bond acceptors (Lipinski definition) is 3. The molecule has 0 spiro atoms.